The molecule has 9 heteroatoms. The molecule has 0 radical (unpaired) electrons. The van der Waals surface area contributed by atoms with Crippen molar-refractivity contribution in [3.8, 4) is 0 Å². The van der Waals surface area contributed by atoms with E-state index in [-0.39, 0.29) is 25.0 Å². The highest BCUT2D eigenvalue weighted by atomic mass is 19.1. The van der Waals surface area contributed by atoms with Gasteiger partial charge in [0.25, 0.3) is 0 Å². The third-order valence-corrected chi connectivity index (χ3v) is 11.0. The number of carbonyl (C=O) groups is 4. The van der Waals surface area contributed by atoms with E-state index in [0.29, 0.717) is 24.8 Å². The molecule has 0 aromatic rings. The zero-order valence-electron chi connectivity index (χ0n) is 22.6. The van der Waals surface area contributed by atoms with Crippen molar-refractivity contribution in [2.24, 2.45) is 40.4 Å². The number of allylic oxidation sites excluding steroid dienone is 6. The first kappa shape index (κ1) is 27.9. The van der Waals surface area contributed by atoms with E-state index in [4.69, 9.17) is 4.74 Å². The molecule has 5 aliphatic rings. The van der Waals surface area contributed by atoms with Gasteiger partial charge in [0.1, 0.15) is 5.60 Å². The lowest BCUT2D eigenvalue weighted by atomic mass is 9.44. The minimum absolute atomic E-state index is 0.176. The second kappa shape index (κ2) is 9.20. The fraction of sp³-hybridized carbons (Fsp3) is 0.667. The van der Waals surface area contributed by atoms with Crippen LogP contribution in [0.1, 0.15) is 59.3 Å². The largest absolute Gasteiger partial charge is 0.481 e. The molecule has 212 valence electrons. The van der Waals surface area contributed by atoms with Crippen molar-refractivity contribution in [3.63, 3.8) is 0 Å². The average molecular weight is 545 g/mol. The number of fused-ring (bicyclic) bond motifs is 5. The zero-order valence-corrected chi connectivity index (χ0v) is 22.6. The van der Waals surface area contributed by atoms with Crippen molar-refractivity contribution in [1.29, 1.82) is 0 Å². The van der Waals surface area contributed by atoms with Gasteiger partial charge in [-0.3, -0.25) is 19.2 Å². The van der Waals surface area contributed by atoms with E-state index in [1.54, 1.807) is 39.0 Å². The Kier molecular flexibility index (Phi) is 6.58. The van der Waals surface area contributed by atoms with Crippen LogP contribution in [0.2, 0.25) is 0 Å². The van der Waals surface area contributed by atoms with Crippen LogP contribution in [-0.4, -0.2) is 62.8 Å². The summed E-state index contributed by atoms with van der Waals surface area (Å²) in [5.74, 6) is -6.42. The van der Waals surface area contributed by atoms with Crippen LogP contribution in [0.4, 0.5) is 4.39 Å². The van der Waals surface area contributed by atoms with Crippen LogP contribution in [0.3, 0.4) is 0 Å². The maximum absolute atomic E-state index is 17.3. The number of hydrogen-bond acceptors (Lipinski definition) is 7. The Morgan fingerprint density at radius 1 is 1.13 bits per heavy atom. The molecule has 5 aliphatic carbocycles. The number of carboxylic acids is 1. The predicted molar refractivity (Wildman–Crippen MR) is 137 cm³/mol. The van der Waals surface area contributed by atoms with Crippen LogP contribution in [-0.2, 0) is 23.9 Å². The summed E-state index contributed by atoms with van der Waals surface area (Å²) >= 11 is 0. The number of Topliss-reactive ketones (excluding diaryl/α,β-unsaturated/α-hetero) is 1. The summed E-state index contributed by atoms with van der Waals surface area (Å²) in [6, 6.07) is 0. The maximum Gasteiger partial charge on any atom is 0.310 e. The predicted octanol–water partition coefficient (Wildman–Crippen LogP) is 3.11. The van der Waals surface area contributed by atoms with Gasteiger partial charge < -0.3 is 20.1 Å². The van der Waals surface area contributed by atoms with E-state index in [9.17, 15) is 34.5 Å². The molecule has 5 rings (SSSR count). The van der Waals surface area contributed by atoms with Crippen LogP contribution in [0.5, 0.6) is 0 Å². The summed E-state index contributed by atoms with van der Waals surface area (Å²) in [7, 11) is 0. The fourth-order valence-corrected chi connectivity index (χ4v) is 8.84. The number of halogens is 1. The number of carbonyl (C=O) groups excluding carboxylic acids is 3. The molecule has 0 aliphatic heterocycles. The molecule has 0 amide bonds. The molecule has 0 aromatic carbocycles. The van der Waals surface area contributed by atoms with E-state index in [0.717, 1.165) is 0 Å². The summed E-state index contributed by atoms with van der Waals surface area (Å²) in [5, 5.41) is 32.9. The Morgan fingerprint density at radius 2 is 1.79 bits per heavy atom. The number of carboxylic acid groups (broad SMARTS) is 1. The van der Waals surface area contributed by atoms with E-state index in [2.05, 4.69) is 0 Å². The Bertz CT molecular complexity index is 1210. The summed E-state index contributed by atoms with van der Waals surface area (Å²) in [4.78, 5) is 50.0. The molecule has 3 saturated carbocycles. The first-order chi connectivity index (χ1) is 18.2. The second-order valence-electron chi connectivity index (χ2n) is 12.7. The van der Waals surface area contributed by atoms with Crippen molar-refractivity contribution < 1.29 is 43.6 Å². The van der Waals surface area contributed by atoms with Gasteiger partial charge in [0.2, 0.25) is 5.78 Å². The Morgan fingerprint density at radius 3 is 2.46 bits per heavy atom. The number of ether oxygens (including phenoxy) is 1. The van der Waals surface area contributed by atoms with Crippen LogP contribution >= 0.6 is 0 Å². The van der Waals surface area contributed by atoms with Gasteiger partial charge in [0.15, 0.2) is 18.1 Å². The molecule has 3 fully saturated rings. The van der Waals surface area contributed by atoms with Gasteiger partial charge >= 0.3 is 11.9 Å². The Hall–Kier alpha value is -2.65. The van der Waals surface area contributed by atoms with Crippen molar-refractivity contribution in [2.45, 2.75) is 76.7 Å². The van der Waals surface area contributed by atoms with Gasteiger partial charge in [-0.2, -0.15) is 0 Å². The standard InChI is InChI=1S/C30H37FO8/c1-16-12-22-21-9-8-17-13-18(32)10-11-27(17,2)29(21,31)23(33)14-28(22,3)30(16,38)24(34)15-39-26(37)20-7-5-4-6-19(20)25(35)36/h4-5,10-11,13,16,19-23,33,38H,6-9,12,14-15H2,1-3H3,(H,35,36)/t16-,19-,20+,21?,22?,23+,27+,28+,29+,30+/m1/s1. The quantitative estimate of drug-likeness (QED) is 0.355. The van der Waals surface area contributed by atoms with Gasteiger partial charge in [0.05, 0.1) is 17.9 Å². The van der Waals surface area contributed by atoms with Gasteiger partial charge in [0, 0.05) is 16.7 Å². The topological polar surface area (TPSA) is 138 Å². The molecule has 0 aromatic heterocycles. The second-order valence-corrected chi connectivity index (χ2v) is 12.7. The monoisotopic (exact) mass is 544 g/mol. The van der Waals surface area contributed by atoms with Crippen LogP contribution in [0.25, 0.3) is 0 Å². The smallest absolute Gasteiger partial charge is 0.310 e. The van der Waals surface area contributed by atoms with E-state index in [1.807, 2.05) is 0 Å². The number of hydrogen-bond donors (Lipinski definition) is 3. The summed E-state index contributed by atoms with van der Waals surface area (Å²) in [5.41, 5.74) is -5.77. The molecule has 39 heavy (non-hydrogen) atoms. The Labute approximate surface area is 227 Å². The highest BCUT2D eigenvalue weighted by Crippen LogP contribution is 2.70. The SMILES string of the molecule is C[C@@H]1CC2C3CCC4=CC(=O)C=C[C@]4(C)[C@@]3(F)[C@@H](O)C[C@]2(C)[C@@]1(O)C(=O)COC(=O)[C@H]1CC=CC[C@H]1C(=O)O. The zero-order chi connectivity index (χ0) is 28.5. The number of alkyl halides is 1. The highest BCUT2D eigenvalue weighted by molar-refractivity contribution is 6.01. The van der Waals surface area contributed by atoms with Crippen molar-refractivity contribution in [2.75, 3.05) is 6.61 Å². The third kappa shape index (κ3) is 3.68. The van der Waals surface area contributed by atoms with Crippen LogP contribution in [0, 0.1) is 40.4 Å². The van der Waals surface area contributed by atoms with Gasteiger partial charge in [-0.15, -0.1) is 0 Å². The van der Waals surface area contributed by atoms with Gasteiger partial charge in [-0.1, -0.05) is 37.6 Å². The lowest BCUT2D eigenvalue weighted by molar-refractivity contribution is -0.220. The molecule has 0 spiro atoms. The Balaban J connectivity index is 1.40. The van der Waals surface area contributed by atoms with Crippen molar-refractivity contribution in [1.82, 2.24) is 0 Å². The molecule has 2 unspecified atom stereocenters. The van der Waals surface area contributed by atoms with Gasteiger partial charge in [-0.25, -0.2) is 4.39 Å². The molecule has 0 saturated heterocycles. The lowest BCUT2D eigenvalue weighted by Crippen LogP contribution is -2.69. The summed E-state index contributed by atoms with van der Waals surface area (Å²) in [6.07, 6.45) is 7.65. The van der Waals surface area contributed by atoms with E-state index < -0.39 is 82.1 Å². The molecule has 8 nitrogen and oxygen atoms in total. The van der Waals surface area contributed by atoms with Crippen LogP contribution < -0.4 is 0 Å². The fourth-order valence-electron chi connectivity index (χ4n) is 8.84. The van der Waals surface area contributed by atoms with Crippen molar-refractivity contribution >= 4 is 23.5 Å². The number of esters is 1. The number of ketones is 2. The summed E-state index contributed by atoms with van der Waals surface area (Å²) in [6.45, 7) is 4.41. The molecule has 0 heterocycles. The average Bonchev–Trinajstić information content (AvgIpc) is 3.09. The molecular weight excluding hydrogens is 507 g/mol. The van der Waals surface area contributed by atoms with Gasteiger partial charge in [-0.05, 0) is 69.4 Å². The normalized spacial score (nSPS) is 46.5. The summed E-state index contributed by atoms with van der Waals surface area (Å²) < 4.78 is 22.6. The van der Waals surface area contributed by atoms with E-state index >= 15 is 4.39 Å². The lowest BCUT2D eigenvalue weighted by Gasteiger charge is -2.62. The maximum atomic E-state index is 17.3. The molecule has 10 atom stereocenters. The first-order valence-corrected chi connectivity index (χ1v) is 13.8. The third-order valence-electron chi connectivity index (χ3n) is 11.0. The molecule has 0 bridgehead atoms. The minimum Gasteiger partial charge on any atom is -0.481 e. The number of aliphatic hydroxyl groups is 2. The highest BCUT2D eigenvalue weighted by Gasteiger charge is 2.75. The number of rotatable bonds is 5. The minimum atomic E-state index is -2.08. The first-order valence-electron chi connectivity index (χ1n) is 13.8. The number of aliphatic hydroxyl groups excluding tert-OH is 1. The van der Waals surface area contributed by atoms with E-state index in [1.165, 1.54) is 12.2 Å². The molecular formula is C30H37FO8. The molecule has 3 N–H and O–H groups in total. The van der Waals surface area contributed by atoms with Crippen molar-refractivity contribution in [3.05, 3.63) is 36.0 Å². The van der Waals surface area contributed by atoms with Crippen LogP contribution in [0.15, 0.2) is 36.0 Å². The number of aliphatic carboxylic acids is 1.